The van der Waals surface area contributed by atoms with Gasteiger partial charge in [0.25, 0.3) is 0 Å². The largest absolute Gasteiger partial charge is 1.00 e. The van der Waals surface area contributed by atoms with Crippen LogP contribution in [0.25, 0.3) is 17.0 Å². The molecule has 4 rings (SSSR count). The Morgan fingerprint density at radius 1 is 1.09 bits per heavy atom. The molecule has 1 amide bonds. The average Bonchev–Trinajstić information content (AvgIpc) is 3.09. The summed E-state index contributed by atoms with van der Waals surface area (Å²) in [7, 11) is 0. The first-order valence-corrected chi connectivity index (χ1v) is 12.3. The van der Waals surface area contributed by atoms with Crippen LogP contribution in [-0.4, -0.2) is 12.5 Å². The third kappa shape index (κ3) is 5.72. The summed E-state index contributed by atoms with van der Waals surface area (Å²) < 4.78 is 2.39. The normalized spacial score (nSPS) is 13.8. The van der Waals surface area contributed by atoms with Gasteiger partial charge in [-0.15, -0.1) is 0 Å². The second kappa shape index (κ2) is 11.4. The number of carbonyl (C=O) groups excluding carboxylic acids is 1. The highest BCUT2D eigenvalue weighted by molar-refractivity contribution is 8.03. The Kier molecular flexibility index (Phi) is 8.82. The van der Waals surface area contributed by atoms with Crippen LogP contribution in [0.5, 0.6) is 0 Å². The number of hydrogen-bond acceptors (Lipinski definition) is 3. The predicted molar refractivity (Wildman–Crippen MR) is 136 cm³/mol. The third-order valence-electron chi connectivity index (χ3n) is 5.84. The van der Waals surface area contributed by atoms with Crippen LogP contribution in [0.15, 0.2) is 58.5 Å². The number of nitrogens with one attached hydrogen (secondary N) is 1. The van der Waals surface area contributed by atoms with E-state index >= 15 is 0 Å². The summed E-state index contributed by atoms with van der Waals surface area (Å²) >= 11 is 1.79. The second-order valence-corrected chi connectivity index (χ2v) is 9.43. The molecule has 0 saturated carbocycles. The van der Waals surface area contributed by atoms with Gasteiger partial charge in [0, 0.05) is 47.6 Å². The van der Waals surface area contributed by atoms with E-state index in [1.807, 2.05) is 6.07 Å². The highest BCUT2D eigenvalue weighted by Gasteiger charge is 2.27. The number of unbranched alkanes of at least 4 members (excludes halogenated alkanes) is 2. The summed E-state index contributed by atoms with van der Waals surface area (Å²) in [5, 5.41) is 5.43. The van der Waals surface area contributed by atoms with Gasteiger partial charge in [0.2, 0.25) is 17.1 Å². The monoisotopic (exact) mass is 573 g/mol. The molecule has 0 bridgehead atoms. The van der Waals surface area contributed by atoms with Gasteiger partial charge >= 0.3 is 0 Å². The number of rotatable bonds is 7. The lowest BCUT2D eigenvalue weighted by molar-refractivity contribution is -0.669. The first-order chi connectivity index (χ1) is 15.5. The van der Waals surface area contributed by atoms with Gasteiger partial charge < -0.3 is 34.2 Å². The molecule has 2 heterocycles. The molecule has 1 aliphatic rings. The quantitative estimate of drug-likeness (QED) is 0.267. The molecule has 1 aromatic heterocycles. The van der Waals surface area contributed by atoms with Crippen LogP contribution < -0.4 is 38.8 Å². The highest BCUT2D eigenvalue weighted by Crippen LogP contribution is 2.47. The SMILES string of the molecule is CCCCCN1/C(=C/c2ccc3cc(C)ccc3[n+]2CC)Sc2cc(NC(C)=O)ccc21.[I-]. The topological polar surface area (TPSA) is 36.2 Å². The van der Waals surface area contributed by atoms with Crippen molar-refractivity contribution < 1.29 is 33.3 Å². The van der Waals surface area contributed by atoms with Crippen LogP contribution in [0, 0.1) is 6.92 Å². The van der Waals surface area contributed by atoms with Crippen molar-refractivity contribution in [2.24, 2.45) is 0 Å². The first-order valence-electron chi connectivity index (χ1n) is 11.5. The summed E-state index contributed by atoms with van der Waals surface area (Å²) in [6, 6.07) is 17.3. The van der Waals surface area contributed by atoms with E-state index in [1.54, 1.807) is 18.7 Å². The number of anilines is 2. The molecule has 0 unspecified atom stereocenters. The van der Waals surface area contributed by atoms with E-state index in [1.165, 1.54) is 50.6 Å². The highest BCUT2D eigenvalue weighted by atomic mass is 127. The van der Waals surface area contributed by atoms with Gasteiger partial charge in [-0.25, -0.2) is 0 Å². The maximum Gasteiger partial charge on any atom is 0.221 e. The number of halogens is 1. The van der Waals surface area contributed by atoms with Crippen molar-refractivity contribution in [1.29, 1.82) is 0 Å². The molecule has 1 aliphatic heterocycles. The summed E-state index contributed by atoms with van der Waals surface area (Å²) in [5.41, 5.74) is 5.83. The lowest BCUT2D eigenvalue weighted by Crippen LogP contribution is -3.00. The molecular weight excluding hydrogens is 541 g/mol. The van der Waals surface area contributed by atoms with Crippen LogP contribution >= 0.6 is 11.8 Å². The van der Waals surface area contributed by atoms with Crippen molar-refractivity contribution in [2.75, 3.05) is 16.8 Å². The summed E-state index contributed by atoms with van der Waals surface area (Å²) in [4.78, 5) is 15.1. The number of amides is 1. The van der Waals surface area contributed by atoms with E-state index in [0.717, 1.165) is 25.2 Å². The Morgan fingerprint density at radius 2 is 1.91 bits per heavy atom. The third-order valence-corrected chi connectivity index (χ3v) is 6.94. The van der Waals surface area contributed by atoms with Gasteiger partial charge in [-0.05, 0) is 50.6 Å². The zero-order valence-corrected chi connectivity index (χ0v) is 22.8. The fourth-order valence-electron chi connectivity index (χ4n) is 4.31. The van der Waals surface area contributed by atoms with Crippen LogP contribution in [0.3, 0.4) is 0 Å². The number of nitrogens with zero attached hydrogens (tertiary/aromatic N) is 2. The van der Waals surface area contributed by atoms with Gasteiger partial charge in [0.05, 0.1) is 10.7 Å². The van der Waals surface area contributed by atoms with Gasteiger partial charge in [-0.2, -0.15) is 4.57 Å². The van der Waals surface area contributed by atoms with Crippen molar-refractivity contribution in [3.63, 3.8) is 0 Å². The van der Waals surface area contributed by atoms with E-state index < -0.39 is 0 Å². The summed E-state index contributed by atoms with van der Waals surface area (Å²) in [5.74, 6) is -0.0427. The molecule has 0 spiro atoms. The molecule has 2 aromatic carbocycles. The van der Waals surface area contributed by atoms with E-state index in [9.17, 15) is 4.79 Å². The van der Waals surface area contributed by atoms with Crippen LogP contribution in [-0.2, 0) is 11.3 Å². The minimum Gasteiger partial charge on any atom is -1.00 e. The van der Waals surface area contributed by atoms with Gasteiger partial charge in [0.15, 0.2) is 0 Å². The molecule has 3 aromatic rings. The Bertz CT molecular complexity index is 1190. The van der Waals surface area contributed by atoms with Gasteiger partial charge in [-0.1, -0.05) is 43.2 Å². The maximum absolute atomic E-state index is 11.5. The Labute approximate surface area is 218 Å². The van der Waals surface area contributed by atoms with Crippen molar-refractivity contribution in [1.82, 2.24) is 0 Å². The van der Waals surface area contributed by atoms with Crippen LogP contribution in [0.2, 0.25) is 0 Å². The predicted octanol–water partition coefficient (Wildman–Crippen LogP) is 3.52. The molecule has 0 fully saturated rings. The Balaban J connectivity index is 0.00000306. The maximum atomic E-state index is 11.5. The van der Waals surface area contributed by atoms with Crippen molar-refractivity contribution in [3.8, 4) is 0 Å². The number of carbonyl (C=O) groups is 1. The Hall–Kier alpha value is -2.06. The minimum atomic E-state index is -0.0427. The molecule has 1 N–H and O–H groups in total. The van der Waals surface area contributed by atoms with E-state index in [2.05, 4.69) is 84.1 Å². The summed E-state index contributed by atoms with van der Waals surface area (Å²) in [6.45, 7) is 10.0. The van der Waals surface area contributed by atoms with Gasteiger partial charge in [-0.3, -0.25) is 4.79 Å². The minimum absolute atomic E-state index is 0. The Morgan fingerprint density at radius 3 is 2.64 bits per heavy atom. The zero-order valence-electron chi connectivity index (χ0n) is 19.8. The van der Waals surface area contributed by atoms with E-state index in [0.29, 0.717) is 0 Å². The molecule has 0 radical (unpaired) electrons. The molecular formula is C27H32IN3OS. The molecule has 0 aliphatic carbocycles. The fraction of sp³-hybridized carbons (Fsp3) is 0.333. The summed E-state index contributed by atoms with van der Waals surface area (Å²) in [6.07, 6.45) is 5.90. The number of benzene rings is 2. The lowest BCUT2D eigenvalue weighted by Gasteiger charge is -2.20. The van der Waals surface area contributed by atoms with Crippen molar-refractivity contribution in [2.45, 2.75) is 58.4 Å². The fourth-order valence-corrected chi connectivity index (χ4v) is 5.48. The zero-order chi connectivity index (χ0) is 22.7. The molecule has 0 atom stereocenters. The number of aryl methyl sites for hydroxylation is 2. The number of thioether (sulfide) groups is 1. The average molecular weight is 574 g/mol. The van der Waals surface area contributed by atoms with Gasteiger partial charge in [0.1, 0.15) is 6.54 Å². The van der Waals surface area contributed by atoms with E-state index in [4.69, 9.17) is 0 Å². The van der Waals surface area contributed by atoms with Crippen molar-refractivity contribution >= 4 is 46.0 Å². The second-order valence-electron chi connectivity index (χ2n) is 8.37. The van der Waals surface area contributed by atoms with Crippen LogP contribution in [0.4, 0.5) is 11.4 Å². The van der Waals surface area contributed by atoms with E-state index in [-0.39, 0.29) is 29.9 Å². The first kappa shape index (κ1) is 25.6. The molecule has 4 nitrogen and oxygen atoms in total. The van der Waals surface area contributed by atoms with Crippen LogP contribution in [0.1, 0.15) is 51.3 Å². The molecule has 0 saturated heterocycles. The smallest absolute Gasteiger partial charge is 0.221 e. The molecule has 174 valence electrons. The standard InChI is InChI=1S/C27H31N3OS.HI/c1-5-7-8-15-30-25-14-11-22(28-20(4)31)17-26(25)32-27(30)18-23-12-10-21-16-19(3)9-13-24(21)29(23)6-2;/h9-14,16-18H,5-8,15H2,1-4H3;1H. The number of pyridine rings is 1. The lowest BCUT2D eigenvalue weighted by atomic mass is 10.1. The molecule has 33 heavy (non-hydrogen) atoms. The molecule has 6 heteroatoms. The number of fused-ring (bicyclic) bond motifs is 2. The number of hydrogen-bond donors (Lipinski definition) is 1. The number of aromatic nitrogens is 1. The van der Waals surface area contributed by atoms with Crippen molar-refractivity contribution in [3.05, 3.63) is 64.8 Å².